The first-order valence-electron chi connectivity index (χ1n) is 6.33. The molecule has 5 nitrogen and oxygen atoms in total. The number of benzene rings is 1. The number of carbonyl (C=O) groups excluding carboxylic acids is 1. The Hall–Kier alpha value is -1.24. The molecule has 0 radical (unpaired) electrons. The van der Waals surface area contributed by atoms with Crippen molar-refractivity contribution in [1.29, 1.82) is 0 Å². The van der Waals surface area contributed by atoms with E-state index in [0.717, 1.165) is 5.56 Å². The molecule has 2 aliphatic rings. The molecular weight excluding hydrogens is 266 g/mol. The van der Waals surface area contributed by atoms with Crippen LogP contribution in [-0.2, 0) is 21.2 Å². The molecule has 0 spiro atoms. The summed E-state index contributed by atoms with van der Waals surface area (Å²) in [7, 11) is -3.46. The number of morpholine rings is 1. The molecule has 0 N–H and O–H groups in total. The molecule has 1 aliphatic heterocycles. The summed E-state index contributed by atoms with van der Waals surface area (Å²) in [6.07, 6.45) is 1.12. The fraction of sp³-hybridized carbons (Fsp3) is 0.462. The van der Waals surface area contributed by atoms with Gasteiger partial charge in [-0.2, -0.15) is 4.31 Å². The summed E-state index contributed by atoms with van der Waals surface area (Å²) in [5, 5.41) is 0. The molecule has 3 rings (SSSR count). The molecule has 0 saturated carbocycles. The summed E-state index contributed by atoms with van der Waals surface area (Å²) in [4.78, 5) is 11.8. The van der Waals surface area contributed by atoms with E-state index in [0.29, 0.717) is 44.7 Å². The maximum atomic E-state index is 12.5. The minimum atomic E-state index is -3.46. The van der Waals surface area contributed by atoms with E-state index in [4.69, 9.17) is 4.74 Å². The number of rotatable bonds is 2. The van der Waals surface area contributed by atoms with Crippen LogP contribution in [0.5, 0.6) is 0 Å². The number of hydrogen-bond acceptors (Lipinski definition) is 4. The van der Waals surface area contributed by atoms with Crippen molar-refractivity contribution >= 4 is 15.8 Å². The lowest BCUT2D eigenvalue weighted by atomic mass is 10.1. The maximum absolute atomic E-state index is 12.5. The zero-order chi connectivity index (χ0) is 13.5. The molecule has 1 heterocycles. The number of hydrogen-bond donors (Lipinski definition) is 0. The Morgan fingerprint density at radius 1 is 1.11 bits per heavy atom. The van der Waals surface area contributed by atoms with E-state index in [2.05, 4.69) is 0 Å². The van der Waals surface area contributed by atoms with Crippen molar-refractivity contribution in [2.24, 2.45) is 0 Å². The van der Waals surface area contributed by atoms with Crippen LogP contribution in [0.1, 0.15) is 22.3 Å². The van der Waals surface area contributed by atoms with Crippen molar-refractivity contribution in [2.75, 3.05) is 26.3 Å². The number of nitrogens with zero attached hydrogens (tertiary/aromatic N) is 1. The van der Waals surface area contributed by atoms with Gasteiger partial charge < -0.3 is 4.74 Å². The lowest BCUT2D eigenvalue weighted by Crippen LogP contribution is -2.40. The zero-order valence-corrected chi connectivity index (χ0v) is 11.3. The number of sulfonamides is 1. The molecule has 1 fully saturated rings. The van der Waals surface area contributed by atoms with Gasteiger partial charge in [-0.1, -0.05) is 0 Å². The average Bonchev–Trinajstić information content (AvgIpc) is 2.81. The van der Waals surface area contributed by atoms with E-state index < -0.39 is 10.0 Å². The summed E-state index contributed by atoms with van der Waals surface area (Å²) >= 11 is 0. The Bertz CT molecular complexity index is 618. The van der Waals surface area contributed by atoms with Gasteiger partial charge in [0.15, 0.2) is 5.78 Å². The monoisotopic (exact) mass is 281 g/mol. The minimum Gasteiger partial charge on any atom is -0.379 e. The number of carbonyl (C=O) groups is 1. The maximum Gasteiger partial charge on any atom is 0.243 e. The quantitative estimate of drug-likeness (QED) is 0.805. The Labute approximate surface area is 112 Å². The van der Waals surface area contributed by atoms with Crippen LogP contribution in [0.25, 0.3) is 0 Å². The normalized spacial score (nSPS) is 20.5. The highest BCUT2D eigenvalue weighted by atomic mass is 32.2. The summed E-state index contributed by atoms with van der Waals surface area (Å²) in [5.74, 6) is 0.102. The summed E-state index contributed by atoms with van der Waals surface area (Å²) in [5.41, 5.74) is 1.51. The van der Waals surface area contributed by atoms with Gasteiger partial charge in [-0.05, 0) is 30.2 Å². The van der Waals surface area contributed by atoms with Crippen LogP contribution in [0.3, 0.4) is 0 Å². The topological polar surface area (TPSA) is 63.7 Å². The molecule has 0 atom stereocenters. The van der Waals surface area contributed by atoms with Crippen molar-refractivity contribution in [3.8, 4) is 0 Å². The molecule has 0 aromatic heterocycles. The predicted octanol–water partition coefficient (Wildman–Crippen LogP) is 0.836. The highest BCUT2D eigenvalue weighted by Gasteiger charge is 2.28. The minimum absolute atomic E-state index is 0.102. The van der Waals surface area contributed by atoms with E-state index in [1.54, 1.807) is 12.1 Å². The van der Waals surface area contributed by atoms with Gasteiger partial charge >= 0.3 is 0 Å². The number of ether oxygens (including phenoxy) is 1. The number of fused-ring (bicyclic) bond motifs is 1. The average molecular weight is 281 g/mol. The summed E-state index contributed by atoms with van der Waals surface area (Å²) < 4.78 is 31.5. The molecule has 102 valence electrons. The lowest BCUT2D eigenvalue weighted by molar-refractivity contribution is 0.0730. The van der Waals surface area contributed by atoms with Gasteiger partial charge in [-0.15, -0.1) is 0 Å². The third-order valence-electron chi connectivity index (χ3n) is 3.61. The van der Waals surface area contributed by atoms with Crippen molar-refractivity contribution in [1.82, 2.24) is 4.31 Å². The van der Waals surface area contributed by atoms with Crippen LogP contribution in [0, 0.1) is 0 Å². The SMILES string of the molecule is O=C1CCc2cc(S(=O)(=O)N3CCOCC3)ccc21. The Kier molecular flexibility index (Phi) is 3.16. The molecule has 0 bridgehead atoms. The van der Waals surface area contributed by atoms with Crippen molar-refractivity contribution < 1.29 is 17.9 Å². The van der Waals surface area contributed by atoms with Gasteiger partial charge in [0.2, 0.25) is 10.0 Å². The molecule has 1 saturated heterocycles. The van der Waals surface area contributed by atoms with Gasteiger partial charge in [-0.3, -0.25) is 4.79 Å². The highest BCUT2D eigenvalue weighted by molar-refractivity contribution is 7.89. The number of aryl methyl sites for hydroxylation is 1. The van der Waals surface area contributed by atoms with E-state index >= 15 is 0 Å². The first kappa shape index (κ1) is 12.8. The Morgan fingerprint density at radius 2 is 1.84 bits per heavy atom. The van der Waals surface area contributed by atoms with Gasteiger partial charge in [0.05, 0.1) is 18.1 Å². The predicted molar refractivity (Wildman–Crippen MR) is 68.7 cm³/mol. The molecule has 1 aromatic carbocycles. The second kappa shape index (κ2) is 4.70. The molecule has 6 heteroatoms. The summed E-state index contributed by atoms with van der Waals surface area (Å²) in [6.45, 7) is 1.64. The van der Waals surface area contributed by atoms with Crippen molar-refractivity contribution in [3.05, 3.63) is 29.3 Å². The van der Waals surface area contributed by atoms with Crippen LogP contribution in [0.2, 0.25) is 0 Å². The van der Waals surface area contributed by atoms with E-state index in [9.17, 15) is 13.2 Å². The molecule has 1 aromatic rings. The third-order valence-corrected chi connectivity index (χ3v) is 5.50. The highest BCUT2D eigenvalue weighted by Crippen LogP contribution is 2.26. The lowest BCUT2D eigenvalue weighted by Gasteiger charge is -2.26. The van der Waals surface area contributed by atoms with Crippen molar-refractivity contribution in [2.45, 2.75) is 17.7 Å². The van der Waals surface area contributed by atoms with Gasteiger partial charge in [-0.25, -0.2) is 8.42 Å². The zero-order valence-electron chi connectivity index (χ0n) is 10.5. The van der Waals surface area contributed by atoms with Crippen LogP contribution in [-0.4, -0.2) is 44.8 Å². The molecule has 19 heavy (non-hydrogen) atoms. The molecule has 0 amide bonds. The first-order chi connectivity index (χ1) is 9.09. The standard InChI is InChI=1S/C13H15NO4S/c15-13-4-1-10-9-11(2-3-12(10)13)19(16,17)14-5-7-18-8-6-14/h2-3,9H,1,4-8H2. The smallest absolute Gasteiger partial charge is 0.243 e. The largest absolute Gasteiger partial charge is 0.379 e. The number of ketones is 1. The molecular formula is C13H15NO4S. The first-order valence-corrected chi connectivity index (χ1v) is 7.77. The van der Waals surface area contributed by atoms with E-state index in [-0.39, 0.29) is 10.7 Å². The van der Waals surface area contributed by atoms with Gasteiger partial charge in [0, 0.05) is 25.1 Å². The van der Waals surface area contributed by atoms with E-state index in [1.165, 1.54) is 10.4 Å². The van der Waals surface area contributed by atoms with E-state index in [1.807, 2.05) is 0 Å². The fourth-order valence-corrected chi connectivity index (χ4v) is 3.99. The molecule has 0 unspecified atom stereocenters. The van der Waals surface area contributed by atoms with Crippen LogP contribution < -0.4 is 0 Å². The fourth-order valence-electron chi connectivity index (χ4n) is 2.53. The second-order valence-electron chi connectivity index (χ2n) is 4.76. The van der Waals surface area contributed by atoms with Crippen LogP contribution in [0.4, 0.5) is 0 Å². The Balaban J connectivity index is 1.95. The second-order valence-corrected chi connectivity index (χ2v) is 6.70. The van der Waals surface area contributed by atoms with Crippen molar-refractivity contribution in [3.63, 3.8) is 0 Å². The van der Waals surface area contributed by atoms with Gasteiger partial charge in [0.25, 0.3) is 0 Å². The number of Topliss-reactive ketones (excluding diaryl/α,β-unsaturated/α-hetero) is 1. The van der Waals surface area contributed by atoms with Crippen LogP contribution >= 0.6 is 0 Å². The third kappa shape index (κ3) is 2.20. The Morgan fingerprint density at radius 3 is 2.58 bits per heavy atom. The van der Waals surface area contributed by atoms with Crippen LogP contribution in [0.15, 0.2) is 23.1 Å². The van der Waals surface area contributed by atoms with Gasteiger partial charge in [0.1, 0.15) is 0 Å². The molecule has 1 aliphatic carbocycles. The summed E-state index contributed by atoms with van der Waals surface area (Å²) in [6, 6.07) is 4.82.